The maximum atomic E-state index is 11.6. The highest BCUT2D eigenvalue weighted by atomic mass is 32.2. The van der Waals surface area contributed by atoms with E-state index < -0.39 is 25.0 Å². The van der Waals surface area contributed by atoms with E-state index in [0.29, 0.717) is 0 Å². The van der Waals surface area contributed by atoms with Gasteiger partial charge in [0.05, 0.1) is 12.8 Å². The van der Waals surface area contributed by atoms with Gasteiger partial charge in [-0.2, -0.15) is 11.8 Å². The summed E-state index contributed by atoms with van der Waals surface area (Å²) in [5.74, 6) is 0.316. The van der Waals surface area contributed by atoms with E-state index >= 15 is 0 Å². The number of hydrogen-bond donors (Lipinski definition) is 3. The van der Waals surface area contributed by atoms with Crippen LogP contribution in [0.5, 0.6) is 0 Å². The molecule has 3 atom stereocenters. The quantitative estimate of drug-likeness (QED) is 0.371. The molecule has 0 spiro atoms. The van der Waals surface area contributed by atoms with E-state index in [4.69, 9.17) is 15.3 Å². The second-order valence-corrected chi connectivity index (χ2v) is 3.60. The van der Waals surface area contributed by atoms with Crippen molar-refractivity contribution in [2.24, 2.45) is 0 Å². The normalized spacial score (nSPS) is 17.8. The highest BCUT2D eigenvalue weighted by Gasteiger charge is 2.23. The molecule has 0 aliphatic rings. The molecule has 0 rings (SSSR count). The Hall–Kier alpha value is -0.170. The summed E-state index contributed by atoms with van der Waals surface area (Å²) in [6.45, 7) is -0.510. The summed E-state index contributed by atoms with van der Waals surface area (Å²) < 4.78 is 11.6. The molecule has 13 heavy (non-hydrogen) atoms. The van der Waals surface area contributed by atoms with Crippen molar-refractivity contribution >= 4 is 18.0 Å². The Morgan fingerprint density at radius 3 is 2.46 bits per heavy atom. The minimum absolute atomic E-state index is 0.0932. The lowest BCUT2D eigenvalue weighted by Crippen LogP contribution is -2.39. The van der Waals surface area contributed by atoms with E-state index in [9.17, 15) is 9.18 Å². The molecular formula is C7H13FO4S. The Bertz CT molecular complexity index is 146. The van der Waals surface area contributed by atoms with Gasteiger partial charge in [-0.15, -0.1) is 0 Å². The SMILES string of the molecule is O=C[C@H](O)[C@H](O)[C@H](O)CSCCF. The first kappa shape index (κ1) is 12.8. The molecule has 0 fully saturated rings. The molecule has 0 aromatic heterocycles. The van der Waals surface area contributed by atoms with Crippen molar-refractivity contribution in [2.75, 3.05) is 18.2 Å². The molecule has 0 aliphatic heterocycles. The highest BCUT2D eigenvalue weighted by Crippen LogP contribution is 2.07. The average molecular weight is 212 g/mol. The molecule has 0 bridgehead atoms. The lowest BCUT2D eigenvalue weighted by atomic mass is 10.1. The van der Waals surface area contributed by atoms with Crippen LogP contribution in [0.1, 0.15) is 0 Å². The zero-order valence-corrected chi connectivity index (χ0v) is 7.78. The van der Waals surface area contributed by atoms with Crippen LogP contribution in [0.25, 0.3) is 0 Å². The first-order valence-electron chi connectivity index (χ1n) is 3.76. The van der Waals surface area contributed by atoms with Gasteiger partial charge in [0.2, 0.25) is 0 Å². The van der Waals surface area contributed by atoms with Gasteiger partial charge in [0, 0.05) is 11.5 Å². The average Bonchev–Trinajstić information content (AvgIpc) is 2.15. The standard InChI is InChI=1S/C7H13FO4S/c8-1-2-13-4-6(11)7(12)5(10)3-9/h3,5-7,10-12H,1-2,4H2/t5-,6+,7-/m0/s1. The molecule has 0 saturated carbocycles. The second-order valence-electron chi connectivity index (χ2n) is 2.45. The van der Waals surface area contributed by atoms with Crippen molar-refractivity contribution < 1.29 is 24.5 Å². The Labute approximate surface area is 79.8 Å². The van der Waals surface area contributed by atoms with Gasteiger partial charge in [-0.3, -0.25) is 4.39 Å². The molecule has 0 heterocycles. The van der Waals surface area contributed by atoms with Crippen LogP contribution >= 0.6 is 11.8 Å². The lowest BCUT2D eigenvalue weighted by Gasteiger charge is -2.18. The van der Waals surface area contributed by atoms with Crippen LogP contribution in [0.15, 0.2) is 0 Å². The molecule has 0 aliphatic carbocycles. The number of thioether (sulfide) groups is 1. The zero-order chi connectivity index (χ0) is 10.3. The van der Waals surface area contributed by atoms with Crippen LogP contribution in [-0.4, -0.2) is 58.1 Å². The monoisotopic (exact) mass is 212 g/mol. The maximum absolute atomic E-state index is 11.6. The summed E-state index contributed by atoms with van der Waals surface area (Å²) in [5, 5.41) is 27.0. The molecule has 0 unspecified atom stereocenters. The summed E-state index contributed by atoms with van der Waals surface area (Å²) in [5.41, 5.74) is 0. The van der Waals surface area contributed by atoms with Crippen molar-refractivity contribution in [1.29, 1.82) is 0 Å². The lowest BCUT2D eigenvalue weighted by molar-refractivity contribution is -0.124. The largest absolute Gasteiger partial charge is 0.389 e. The van der Waals surface area contributed by atoms with E-state index in [1.54, 1.807) is 0 Å². The number of hydrogen-bond acceptors (Lipinski definition) is 5. The van der Waals surface area contributed by atoms with Gasteiger partial charge < -0.3 is 20.1 Å². The van der Waals surface area contributed by atoms with Crippen LogP contribution in [-0.2, 0) is 4.79 Å². The molecule has 0 amide bonds. The van der Waals surface area contributed by atoms with E-state index in [1.165, 1.54) is 0 Å². The Morgan fingerprint density at radius 1 is 1.38 bits per heavy atom. The van der Waals surface area contributed by atoms with Gasteiger partial charge in [0.25, 0.3) is 0 Å². The zero-order valence-electron chi connectivity index (χ0n) is 6.97. The van der Waals surface area contributed by atoms with Crippen LogP contribution in [0.3, 0.4) is 0 Å². The summed E-state index contributed by atoms with van der Waals surface area (Å²) in [4.78, 5) is 9.99. The fourth-order valence-electron chi connectivity index (χ4n) is 0.665. The van der Waals surface area contributed by atoms with Gasteiger partial charge in [-0.05, 0) is 0 Å². The number of carbonyl (C=O) groups excluding carboxylic acids is 1. The first-order valence-corrected chi connectivity index (χ1v) is 4.92. The number of aldehydes is 1. The fourth-order valence-corrected chi connectivity index (χ4v) is 1.38. The summed E-state index contributed by atoms with van der Waals surface area (Å²) in [6.07, 6.45) is -4.14. The predicted molar refractivity (Wildman–Crippen MR) is 47.4 cm³/mol. The summed E-state index contributed by atoms with van der Waals surface area (Å²) in [7, 11) is 0. The molecule has 0 aromatic carbocycles. The fraction of sp³-hybridized carbons (Fsp3) is 0.857. The van der Waals surface area contributed by atoms with Gasteiger partial charge in [-0.25, -0.2) is 0 Å². The number of carbonyl (C=O) groups is 1. The summed E-state index contributed by atoms with van der Waals surface area (Å²) in [6, 6.07) is 0. The highest BCUT2D eigenvalue weighted by molar-refractivity contribution is 7.99. The van der Waals surface area contributed by atoms with Crippen LogP contribution in [0, 0.1) is 0 Å². The van der Waals surface area contributed by atoms with E-state index in [-0.39, 0.29) is 17.8 Å². The first-order chi connectivity index (χ1) is 6.13. The minimum atomic E-state index is -1.58. The molecular weight excluding hydrogens is 199 g/mol. The predicted octanol–water partition coefficient (Wildman–Crippen LogP) is -1.03. The van der Waals surface area contributed by atoms with Crippen LogP contribution < -0.4 is 0 Å². The number of aliphatic hydroxyl groups is 3. The van der Waals surface area contributed by atoms with Crippen LogP contribution in [0.2, 0.25) is 0 Å². The molecule has 3 N–H and O–H groups in total. The minimum Gasteiger partial charge on any atom is -0.389 e. The summed E-state index contributed by atoms with van der Waals surface area (Å²) >= 11 is 1.11. The maximum Gasteiger partial charge on any atom is 0.151 e. The number of alkyl halides is 1. The van der Waals surface area contributed by atoms with Crippen molar-refractivity contribution in [3.63, 3.8) is 0 Å². The third-order valence-corrected chi connectivity index (χ3v) is 2.41. The van der Waals surface area contributed by atoms with Gasteiger partial charge >= 0.3 is 0 Å². The molecule has 4 nitrogen and oxygen atoms in total. The molecule has 78 valence electrons. The molecule has 0 aromatic rings. The van der Waals surface area contributed by atoms with Gasteiger partial charge in [-0.1, -0.05) is 0 Å². The van der Waals surface area contributed by atoms with E-state index in [2.05, 4.69) is 0 Å². The van der Waals surface area contributed by atoms with Crippen molar-refractivity contribution in [2.45, 2.75) is 18.3 Å². The number of rotatable bonds is 7. The Balaban J connectivity index is 3.68. The van der Waals surface area contributed by atoms with Gasteiger partial charge in [0.1, 0.15) is 12.2 Å². The Kier molecular flexibility index (Phi) is 7.16. The van der Waals surface area contributed by atoms with Crippen molar-refractivity contribution in [3.8, 4) is 0 Å². The smallest absolute Gasteiger partial charge is 0.151 e. The second kappa shape index (κ2) is 7.25. The molecule has 0 saturated heterocycles. The van der Waals surface area contributed by atoms with E-state index in [0.717, 1.165) is 11.8 Å². The van der Waals surface area contributed by atoms with Gasteiger partial charge in [0.15, 0.2) is 6.29 Å². The third kappa shape index (κ3) is 5.20. The van der Waals surface area contributed by atoms with E-state index in [1.807, 2.05) is 0 Å². The van der Waals surface area contributed by atoms with Crippen LogP contribution in [0.4, 0.5) is 4.39 Å². The molecule has 0 radical (unpaired) electrons. The van der Waals surface area contributed by atoms with Crippen molar-refractivity contribution in [3.05, 3.63) is 0 Å². The Morgan fingerprint density at radius 2 is 2.00 bits per heavy atom. The van der Waals surface area contributed by atoms with Crippen molar-refractivity contribution in [1.82, 2.24) is 0 Å². The number of aliphatic hydroxyl groups excluding tert-OH is 3. The topological polar surface area (TPSA) is 77.8 Å². The number of halogens is 1. The molecule has 6 heteroatoms. The third-order valence-electron chi connectivity index (χ3n) is 1.39.